The standard InChI is InChI=1S/C17H22N4O/c1-12(2)8-9-18-17(22)15-10-16(20-11-19-15)21-14-6-4-13(3)5-7-14/h4-7,10-12H,8-9H2,1-3H3,(H,18,22)(H,19,20,21). The largest absolute Gasteiger partial charge is 0.351 e. The zero-order chi connectivity index (χ0) is 15.9. The van der Waals surface area contributed by atoms with E-state index in [1.54, 1.807) is 6.07 Å². The summed E-state index contributed by atoms with van der Waals surface area (Å²) in [6, 6.07) is 9.64. The molecule has 5 heteroatoms. The zero-order valence-electron chi connectivity index (χ0n) is 13.3. The van der Waals surface area contributed by atoms with Crippen LogP contribution in [0, 0.1) is 12.8 Å². The van der Waals surface area contributed by atoms with Crippen molar-refractivity contribution in [2.45, 2.75) is 27.2 Å². The van der Waals surface area contributed by atoms with Gasteiger partial charge in [0.15, 0.2) is 0 Å². The van der Waals surface area contributed by atoms with Crippen molar-refractivity contribution in [1.82, 2.24) is 15.3 Å². The Balaban J connectivity index is 2.00. The number of carbonyl (C=O) groups excluding carboxylic acids is 1. The van der Waals surface area contributed by atoms with E-state index in [1.807, 2.05) is 31.2 Å². The smallest absolute Gasteiger partial charge is 0.270 e. The molecule has 2 rings (SSSR count). The SMILES string of the molecule is Cc1ccc(Nc2cc(C(=O)NCCC(C)C)ncn2)cc1. The van der Waals surface area contributed by atoms with Gasteiger partial charge in [-0.05, 0) is 31.4 Å². The molecule has 0 unspecified atom stereocenters. The van der Waals surface area contributed by atoms with Gasteiger partial charge in [-0.1, -0.05) is 31.5 Å². The summed E-state index contributed by atoms with van der Waals surface area (Å²) in [5.41, 5.74) is 2.49. The van der Waals surface area contributed by atoms with Crippen molar-refractivity contribution in [3.8, 4) is 0 Å². The van der Waals surface area contributed by atoms with Crippen LogP contribution in [-0.2, 0) is 0 Å². The van der Waals surface area contributed by atoms with Gasteiger partial charge in [-0.15, -0.1) is 0 Å². The normalized spacial score (nSPS) is 10.5. The third kappa shape index (κ3) is 4.84. The number of amides is 1. The number of anilines is 2. The van der Waals surface area contributed by atoms with Crippen LogP contribution in [0.25, 0.3) is 0 Å². The van der Waals surface area contributed by atoms with Gasteiger partial charge in [0.1, 0.15) is 17.8 Å². The second-order valence-corrected chi connectivity index (χ2v) is 5.72. The fourth-order valence-electron chi connectivity index (χ4n) is 1.90. The quantitative estimate of drug-likeness (QED) is 0.858. The second kappa shape index (κ2) is 7.54. The Morgan fingerprint density at radius 1 is 1.18 bits per heavy atom. The number of carbonyl (C=O) groups is 1. The lowest BCUT2D eigenvalue weighted by atomic mass is 10.1. The van der Waals surface area contributed by atoms with Gasteiger partial charge in [0, 0.05) is 18.3 Å². The van der Waals surface area contributed by atoms with Crippen LogP contribution < -0.4 is 10.6 Å². The summed E-state index contributed by atoms with van der Waals surface area (Å²) in [5, 5.41) is 6.04. The third-order valence-electron chi connectivity index (χ3n) is 3.23. The number of aromatic nitrogens is 2. The third-order valence-corrected chi connectivity index (χ3v) is 3.23. The molecule has 0 saturated carbocycles. The minimum absolute atomic E-state index is 0.171. The van der Waals surface area contributed by atoms with Crippen LogP contribution in [-0.4, -0.2) is 22.4 Å². The molecule has 0 radical (unpaired) electrons. The van der Waals surface area contributed by atoms with E-state index >= 15 is 0 Å². The number of aryl methyl sites for hydroxylation is 1. The van der Waals surface area contributed by atoms with E-state index in [9.17, 15) is 4.79 Å². The minimum atomic E-state index is -0.171. The second-order valence-electron chi connectivity index (χ2n) is 5.72. The molecule has 2 aromatic rings. The van der Waals surface area contributed by atoms with Gasteiger partial charge in [0.2, 0.25) is 0 Å². The van der Waals surface area contributed by atoms with Crippen molar-refractivity contribution in [1.29, 1.82) is 0 Å². The first-order chi connectivity index (χ1) is 10.5. The fraction of sp³-hybridized carbons (Fsp3) is 0.353. The molecule has 5 nitrogen and oxygen atoms in total. The first-order valence-electron chi connectivity index (χ1n) is 7.48. The molecule has 1 heterocycles. The van der Waals surface area contributed by atoms with E-state index in [1.165, 1.54) is 11.9 Å². The maximum absolute atomic E-state index is 12.0. The first kappa shape index (κ1) is 15.9. The van der Waals surface area contributed by atoms with Crippen LogP contribution in [0.3, 0.4) is 0 Å². The van der Waals surface area contributed by atoms with E-state index in [2.05, 4.69) is 34.4 Å². The van der Waals surface area contributed by atoms with Gasteiger partial charge in [0.25, 0.3) is 5.91 Å². The lowest BCUT2D eigenvalue weighted by Gasteiger charge is -2.09. The Kier molecular flexibility index (Phi) is 5.47. The monoisotopic (exact) mass is 298 g/mol. The van der Waals surface area contributed by atoms with E-state index in [4.69, 9.17) is 0 Å². The average Bonchev–Trinajstić information content (AvgIpc) is 2.49. The minimum Gasteiger partial charge on any atom is -0.351 e. The van der Waals surface area contributed by atoms with E-state index in [0.29, 0.717) is 24.0 Å². The summed E-state index contributed by atoms with van der Waals surface area (Å²) in [6.45, 7) is 6.94. The number of benzene rings is 1. The Morgan fingerprint density at radius 2 is 1.91 bits per heavy atom. The number of rotatable bonds is 6. The van der Waals surface area contributed by atoms with Gasteiger partial charge >= 0.3 is 0 Å². The fourth-order valence-corrected chi connectivity index (χ4v) is 1.90. The van der Waals surface area contributed by atoms with Crippen LogP contribution in [0.15, 0.2) is 36.7 Å². The Hall–Kier alpha value is -2.43. The van der Waals surface area contributed by atoms with Crippen LogP contribution >= 0.6 is 0 Å². The van der Waals surface area contributed by atoms with Crippen molar-refractivity contribution >= 4 is 17.4 Å². The molecule has 2 N–H and O–H groups in total. The molecule has 1 amide bonds. The molecule has 116 valence electrons. The summed E-state index contributed by atoms with van der Waals surface area (Å²) in [4.78, 5) is 20.2. The van der Waals surface area contributed by atoms with Crippen LogP contribution in [0.4, 0.5) is 11.5 Å². The highest BCUT2D eigenvalue weighted by Crippen LogP contribution is 2.15. The predicted octanol–water partition coefficient (Wildman–Crippen LogP) is 3.30. The van der Waals surface area contributed by atoms with E-state index < -0.39 is 0 Å². The van der Waals surface area contributed by atoms with Gasteiger partial charge < -0.3 is 10.6 Å². The van der Waals surface area contributed by atoms with E-state index in [-0.39, 0.29) is 5.91 Å². The lowest BCUT2D eigenvalue weighted by molar-refractivity contribution is 0.0947. The van der Waals surface area contributed by atoms with Gasteiger partial charge in [-0.25, -0.2) is 9.97 Å². The number of nitrogens with one attached hydrogen (secondary N) is 2. The highest BCUT2D eigenvalue weighted by atomic mass is 16.1. The highest BCUT2D eigenvalue weighted by molar-refractivity contribution is 5.92. The Morgan fingerprint density at radius 3 is 2.59 bits per heavy atom. The molecular formula is C17H22N4O. The molecule has 0 fully saturated rings. The number of nitrogens with zero attached hydrogens (tertiary/aromatic N) is 2. The van der Waals surface area contributed by atoms with Gasteiger partial charge in [-0.2, -0.15) is 0 Å². The Labute approximate surface area is 131 Å². The maximum atomic E-state index is 12.0. The Bertz CT molecular complexity index is 623. The van der Waals surface area contributed by atoms with E-state index in [0.717, 1.165) is 12.1 Å². The summed E-state index contributed by atoms with van der Waals surface area (Å²) in [7, 11) is 0. The summed E-state index contributed by atoms with van der Waals surface area (Å²) < 4.78 is 0. The predicted molar refractivity (Wildman–Crippen MR) is 88.3 cm³/mol. The first-order valence-corrected chi connectivity index (χ1v) is 7.48. The van der Waals surface area contributed by atoms with Crippen LogP contribution in [0.1, 0.15) is 36.3 Å². The number of hydrogen-bond acceptors (Lipinski definition) is 4. The molecule has 0 saturated heterocycles. The van der Waals surface area contributed by atoms with Crippen molar-refractivity contribution in [2.24, 2.45) is 5.92 Å². The molecule has 1 aromatic carbocycles. The molecule has 22 heavy (non-hydrogen) atoms. The molecule has 0 bridgehead atoms. The zero-order valence-corrected chi connectivity index (χ0v) is 13.3. The molecule has 1 aromatic heterocycles. The molecule has 0 spiro atoms. The van der Waals surface area contributed by atoms with Crippen molar-refractivity contribution in [3.05, 3.63) is 47.9 Å². The van der Waals surface area contributed by atoms with Gasteiger partial charge in [-0.3, -0.25) is 4.79 Å². The summed E-state index contributed by atoms with van der Waals surface area (Å²) in [6.07, 6.45) is 2.35. The summed E-state index contributed by atoms with van der Waals surface area (Å²) in [5.74, 6) is 0.993. The van der Waals surface area contributed by atoms with Crippen molar-refractivity contribution < 1.29 is 4.79 Å². The highest BCUT2D eigenvalue weighted by Gasteiger charge is 2.08. The van der Waals surface area contributed by atoms with Crippen molar-refractivity contribution in [3.63, 3.8) is 0 Å². The van der Waals surface area contributed by atoms with Crippen LogP contribution in [0.2, 0.25) is 0 Å². The van der Waals surface area contributed by atoms with Gasteiger partial charge in [0.05, 0.1) is 0 Å². The maximum Gasteiger partial charge on any atom is 0.270 e. The molecular weight excluding hydrogens is 276 g/mol. The molecule has 0 aliphatic rings. The molecule has 0 aliphatic carbocycles. The average molecular weight is 298 g/mol. The topological polar surface area (TPSA) is 66.9 Å². The lowest BCUT2D eigenvalue weighted by Crippen LogP contribution is -2.26. The molecule has 0 atom stereocenters. The van der Waals surface area contributed by atoms with Crippen molar-refractivity contribution in [2.75, 3.05) is 11.9 Å². The summed E-state index contributed by atoms with van der Waals surface area (Å²) >= 11 is 0. The number of hydrogen-bond donors (Lipinski definition) is 2. The molecule has 0 aliphatic heterocycles. The van der Waals surface area contributed by atoms with Crippen LogP contribution in [0.5, 0.6) is 0 Å².